The Morgan fingerprint density at radius 3 is 2.50 bits per heavy atom. The Hall–Kier alpha value is -2.27. The van der Waals surface area contributed by atoms with Crippen LogP contribution in [0.2, 0.25) is 0 Å². The van der Waals surface area contributed by atoms with Gasteiger partial charge in [-0.05, 0) is 45.8 Å². The lowest BCUT2D eigenvalue weighted by Crippen LogP contribution is -2.76. The molecule has 7 rings (SSSR count). The average Bonchev–Trinajstić information content (AvgIpc) is 3.51. The summed E-state index contributed by atoms with van der Waals surface area (Å²) in [6, 6.07) is 0. The van der Waals surface area contributed by atoms with Crippen LogP contribution >= 0.6 is 0 Å². The Balaban J connectivity index is 1.61. The van der Waals surface area contributed by atoms with E-state index < -0.39 is 81.5 Å². The third kappa shape index (κ3) is 2.02. The molecule has 0 aromatic rings. The highest BCUT2D eigenvalue weighted by molar-refractivity contribution is 5.90. The molecule has 10 heteroatoms. The minimum atomic E-state index is -2.13. The third-order valence-corrected chi connectivity index (χ3v) is 10.5. The standard InChI is InChI=1S/C26H30O10/c1-11-26(30)25(20(29)31-6)17-18(33-11)34-19(28)22(17,4)9-14-23(25,5)15(35-26)7-12-13(24(14)10-32-24)8-16(27)36-21(12,2)3/h7-8,11,14-15,17-18,30H,9-10H2,1-6H3. The van der Waals surface area contributed by atoms with Crippen LogP contribution < -0.4 is 0 Å². The summed E-state index contributed by atoms with van der Waals surface area (Å²) < 4.78 is 35.6. The van der Waals surface area contributed by atoms with Crippen molar-refractivity contribution in [3.05, 3.63) is 23.3 Å². The van der Waals surface area contributed by atoms with Gasteiger partial charge in [0.15, 0.2) is 0 Å². The largest absolute Gasteiger partial charge is 0.468 e. The van der Waals surface area contributed by atoms with Crippen LogP contribution in [-0.2, 0) is 42.8 Å². The van der Waals surface area contributed by atoms with Gasteiger partial charge in [-0.3, -0.25) is 9.59 Å². The van der Waals surface area contributed by atoms with Crippen LogP contribution in [0, 0.1) is 28.1 Å². The molecule has 2 aliphatic carbocycles. The number of ether oxygens (including phenoxy) is 6. The molecule has 1 N–H and O–H groups in total. The first-order valence-corrected chi connectivity index (χ1v) is 12.4. The molecule has 5 aliphatic heterocycles. The predicted octanol–water partition coefficient (Wildman–Crippen LogP) is 1.15. The Kier molecular flexibility index (Phi) is 3.85. The summed E-state index contributed by atoms with van der Waals surface area (Å²) in [6.45, 7) is 9.13. The highest BCUT2D eigenvalue weighted by Crippen LogP contribution is 2.80. The van der Waals surface area contributed by atoms with E-state index in [4.69, 9.17) is 28.4 Å². The zero-order chi connectivity index (χ0) is 25.8. The number of cyclic esters (lactones) is 1. The van der Waals surface area contributed by atoms with Crippen molar-refractivity contribution in [3.8, 4) is 0 Å². The molecule has 5 fully saturated rings. The van der Waals surface area contributed by atoms with Crippen LogP contribution in [0.5, 0.6) is 0 Å². The predicted molar refractivity (Wildman–Crippen MR) is 118 cm³/mol. The molecule has 10 atom stereocenters. The highest BCUT2D eigenvalue weighted by Gasteiger charge is 2.92. The van der Waals surface area contributed by atoms with Crippen LogP contribution in [0.25, 0.3) is 0 Å². The topological polar surface area (TPSA) is 130 Å². The van der Waals surface area contributed by atoms with E-state index in [1.807, 2.05) is 13.0 Å². The van der Waals surface area contributed by atoms with Gasteiger partial charge in [0.2, 0.25) is 12.1 Å². The van der Waals surface area contributed by atoms with Crippen molar-refractivity contribution >= 4 is 17.9 Å². The smallest absolute Gasteiger partial charge is 0.332 e. The molecule has 0 radical (unpaired) electrons. The first-order chi connectivity index (χ1) is 16.7. The van der Waals surface area contributed by atoms with E-state index in [-0.39, 0.29) is 13.0 Å². The molecule has 1 spiro atoms. The van der Waals surface area contributed by atoms with Gasteiger partial charge in [-0.15, -0.1) is 0 Å². The zero-order valence-electron chi connectivity index (χ0n) is 21.1. The number of rotatable bonds is 1. The summed E-state index contributed by atoms with van der Waals surface area (Å²) in [6.07, 6.45) is 0.704. The summed E-state index contributed by atoms with van der Waals surface area (Å²) in [4.78, 5) is 40.3. The summed E-state index contributed by atoms with van der Waals surface area (Å²) in [5.41, 5.74) is -4.67. The van der Waals surface area contributed by atoms with E-state index in [1.54, 1.807) is 27.7 Å². The van der Waals surface area contributed by atoms with Crippen molar-refractivity contribution in [2.75, 3.05) is 13.7 Å². The normalized spacial score (nSPS) is 54.9. The van der Waals surface area contributed by atoms with Crippen molar-refractivity contribution in [1.82, 2.24) is 0 Å². The van der Waals surface area contributed by atoms with Gasteiger partial charge >= 0.3 is 17.9 Å². The SMILES string of the molecule is COC(=O)C12C3C4OC(=O)C3(C)CC3C5(CO5)C5=CC(=O)OC(C)(C)C5=CC(OC1(O)C(C)O4)C32C. The highest BCUT2D eigenvalue weighted by atomic mass is 16.7. The molecule has 194 valence electrons. The maximum absolute atomic E-state index is 14.1. The summed E-state index contributed by atoms with van der Waals surface area (Å²) in [7, 11) is 1.27. The second-order valence-electron chi connectivity index (χ2n) is 12.3. The van der Waals surface area contributed by atoms with E-state index in [2.05, 4.69) is 0 Å². The number of fused-ring (bicyclic) bond motifs is 3. The minimum Gasteiger partial charge on any atom is -0.468 e. The number of hydrogen-bond acceptors (Lipinski definition) is 10. The Bertz CT molecular complexity index is 1210. The fourth-order valence-electron chi connectivity index (χ4n) is 8.91. The van der Waals surface area contributed by atoms with Crippen molar-refractivity contribution < 1.29 is 47.9 Å². The van der Waals surface area contributed by atoms with Gasteiger partial charge < -0.3 is 33.5 Å². The Morgan fingerprint density at radius 2 is 1.86 bits per heavy atom. The molecule has 4 saturated heterocycles. The van der Waals surface area contributed by atoms with Gasteiger partial charge in [0.05, 0.1) is 31.2 Å². The first-order valence-electron chi connectivity index (χ1n) is 12.4. The van der Waals surface area contributed by atoms with E-state index in [0.29, 0.717) is 11.1 Å². The average molecular weight is 503 g/mol. The number of hydrogen-bond donors (Lipinski definition) is 1. The number of epoxide rings is 1. The van der Waals surface area contributed by atoms with Gasteiger partial charge in [0, 0.05) is 23.0 Å². The van der Waals surface area contributed by atoms with Crippen molar-refractivity contribution in [2.45, 2.75) is 76.5 Å². The lowest BCUT2D eigenvalue weighted by Gasteiger charge is -2.63. The van der Waals surface area contributed by atoms with Crippen LogP contribution in [0.15, 0.2) is 23.3 Å². The lowest BCUT2D eigenvalue weighted by atomic mass is 9.38. The quantitative estimate of drug-likeness (QED) is 0.317. The Labute approximate surface area is 207 Å². The molecular formula is C26H30O10. The molecule has 10 unspecified atom stereocenters. The number of methoxy groups -OCH3 is 1. The van der Waals surface area contributed by atoms with E-state index in [0.717, 1.165) is 0 Å². The monoisotopic (exact) mass is 502 g/mol. The molecule has 7 aliphatic rings. The maximum atomic E-state index is 14.1. The van der Waals surface area contributed by atoms with Crippen LogP contribution in [-0.4, -0.2) is 72.2 Å². The molecule has 0 aromatic carbocycles. The van der Waals surface area contributed by atoms with Crippen molar-refractivity contribution in [1.29, 1.82) is 0 Å². The molecule has 5 heterocycles. The second kappa shape index (κ2) is 6.06. The van der Waals surface area contributed by atoms with E-state index in [9.17, 15) is 19.5 Å². The minimum absolute atomic E-state index is 0.282. The van der Waals surface area contributed by atoms with Gasteiger partial charge in [-0.1, -0.05) is 6.92 Å². The van der Waals surface area contributed by atoms with Crippen LogP contribution in [0.3, 0.4) is 0 Å². The first kappa shape index (κ1) is 22.9. The van der Waals surface area contributed by atoms with Crippen LogP contribution in [0.1, 0.15) is 41.0 Å². The molecular weight excluding hydrogens is 472 g/mol. The fourth-order valence-corrected chi connectivity index (χ4v) is 8.91. The lowest BCUT2D eigenvalue weighted by molar-refractivity contribution is -0.376. The third-order valence-electron chi connectivity index (χ3n) is 10.5. The molecule has 0 aromatic heterocycles. The molecule has 36 heavy (non-hydrogen) atoms. The fraction of sp³-hybridized carbons (Fsp3) is 0.731. The van der Waals surface area contributed by atoms with Crippen molar-refractivity contribution in [2.24, 2.45) is 28.1 Å². The van der Waals surface area contributed by atoms with Crippen LogP contribution in [0.4, 0.5) is 0 Å². The molecule has 0 bridgehead atoms. The second-order valence-corrected chi connectivity index (χ2v) is 12.3. The number of carbonyl (C=O) groups is 3. The van der Waals surface area contributed by atoms with Crippen molar-refractivity contribution in [3.63, 3.8) is 0 Å². The van der Waals surface area contributed by atoms with E-state index in [1.165, 1.54) is 13.2 Å². The molecule has 0 amide bonds. The van der Waals surface area contributed by atoms with Gasteiger partial charge in [0.25, 0.3) is 0 Å². The number of aliphatic hydroxyl groups is 1. The van der Waals surface area contributed by atoms with Gasteiger partial charge in [-0.25, -0.2) is 4.79 Å². The Morgan fingerprint density at radius 1 is 1.17 bits per heavy atom. The van der Waals surface area contributed by atoms with Gasteiger partial charge in [0.1, 0.15) is 22.7 Å². The molecule has 10 nitrogen and oxygen atoms in total. The van der Waals surface area contributed by atoms with E-state index >= 15 is 0 Å². The van der Waals surface area contributed by atoms with Gasteiger partial charge in [-0.2, -0.15) is 0 Å². The zero-order valence-corrected chi connectivity index (χ0v) is 21.1. The maximum Gasteiger partial charge on any atom is 0.332 e. The number of esters is 3. The summed E-state index contributed by atoms with van der Waals surface area (Å²) in [5, 5.41) is 12.4. The summed E-state index contributed by atoms with van der Waals surface area (Å²) >= 11 is 0. The summed E-state index contributed by atoms with van der Waals surface area (Å²) in [5.74, 6) is -5.19. The number of carbonyl (C=O) groups excluding carboxylic acids is 3. The molecule has 1 saturated carbocycles.